The Morgan fingerprint density at radius 3 is 2.90 bits per heavy atom. The van der Waals surface area contributed by atoms with Crippen LogP contribution in [0.2, 0.25) is 0 Å². The van der Waals surface area contributed by atoms with E-state index in [9.17, 15) is 4.39 Å². The number of pyridine rings is 1. The lowest BCUT2D eigenvalue weighted by molar-refractivity contribution is 0.582. The molecule has 0 fully saturated rings. The summed E-state index contributed by atoms with van der Waals surface area (Å²) in [5.41, 5.74) is 0.747. The van der Waals surface area contributed by atoms with Gasteiger partial charge >= 0.3 is 0 Å². The lowest BCUT2D eigenvalue weighted by Crippen LogP contribution is -1.84. The number of aromatic nitrogens is 1. The van der Waals surface area contributed by atoms with Gasteiger partial charge in [-0.05, 0) is 12.1 Å². The molecule has 0 atom stereocenters. The molecule has 0 aliphatic heterocycles. The fourth-order valence-electron chi connectivity index (χ4n) is 0.591. The largest absolute Gasteiger partial charge is 0.312 e. The zero-order valence-corrected chi connectivity index (χ0v) is 5.21. The van der Waals surface area contributed by atoms with Crippen LogP contribution in [0, 0.1) is 12.5 Å². The smallest absolute Gasteiger partial charge is 0.241 e. The van der Waals surface area contributed by atoms with Crippen molar-refractivity contribution in [3.8, 4) is 0 Å². The first kappa shape index (κ1) is 6.69. The first-order valence-electron chi connectivity index (χ1n) is 2.76. The van der Waals surface area contributed by atoms with Gasteiger partial charge in [-0.3, -0.25) is 0 Å². The van der Waals surface area contributed by atoms with Crippen LogP contribution in [0.1, 0.15) is 5.56 Å². The molecule has 3 heteroatoms. The van der Waals surface area contributed by atoms with E-state index >= 15 is 0 Å². The summed E-state index contributed by atoms with van der Waals surface area (Å²) in [7, 11) is 0. The van der Waals surface area contributed by atoms with Crippen molar-refractivity contribution < 1.29 is 4.39 Å². The first-order chi connectivity index (χ1) is 4.83. The van der Waals surface area contributed by atoms with Crippen molar-refractivity contribution in [3.05, 3.63) is 41.3 Å². The summed E-state index contributed by atoms with van der Waals surface area (Å²) in [4.78, 5) is 6.51. The van der Waals surface area contributed by atoms with Crippen LogP contribution in [0.3, 0.4) is 0 Å². The highest BCUT2D eigenvalue weighted by molar-refractivity contribution is 5.10. The highest BCUT2D eigenvalue weighted by Gasteiger charge is 1.94. The maximum absolute atomic E-state index is 12.1. The summed E-state index contributed by atoms with van der Waals surface area (Å²) in [5.74, 6) is -0.506. The number of hydrogen-bond acceptors (Lipinski definition) is 1. The molecule has 2 nitrogen and oxygen atoms in total. The minimum absolute atomic E-state index is 0.271. The van der Waals surface area contributed by atoms with Gasteiger partial charge in [-0.2, -0.15) is 4.39 Å². The summed E-state index contributed by atoms with van der Waals surface area (Å²) in [6, 6.07) is 2.81. The fraction of sp³-hybridized carbons (Fsp3) is 0.143. The zero-order valence-electron chi connectivity index (χ0n) is 5.21. The second kappa shape index (κ2) is 2.92. The normalized spacial score (nSPS) is 8.80. The van der Waals surface area contributed by atoms with Crippen molar-refractivity contribution in [3.63, 3.8) is 0 Å². The summed E-state index contributed by atoms with van der Waals surface area (Å²) in [5, 5.41) is 0. The summed E-state index contributed by atoms with van der Waals surface area (Å²) in [6.07, 6.45) is 1.37. The molecule has 0 aromatic carbocycles. The van der Waals surface area contributed by atoms with Crippen LogP contribution in [0.25, 0.3) is 4.85 Å². The van der Waals surface area contributed by atoms with Gasteiger partial charge in [0.2, 0.25) is 12.5 Å². The average molecular weight is 136 g/mol. The zero-order chi connectivity index (χ0) is 7.40. The van der Waals surface area contributed by atoms with Gasteiger partial charge in [-0.15, -0.1) is 0 Å². The molecule has 0 saturated heterocycles. The third-order valence-corrected chi connectivity index (χ3v) is 1.05. The van der Waals surface area contributed by atoms with E-state index in [0.717, 1.165) is 5.56 Å². The van der Waals surface area contributed by atoms with Gasteiger partial charge in [0.1, 0.15) is 0 Å². The van der Waals surface area contributed by atoms with Crippen LogP contribution in [0.5, 0.6) is 0 Å². The van der Waals surface area contributed by atoms with Crippen LogP contribution in [0.15, 0.2) is 18.3 Å². The van der Waals surface area contributed by atoms with Gasteiger partial charge in [0.05, 0.1) is 0 Å². The molecule has 0 unspecified atom stereocenters. The van der Waals surface area contributed by atoms with Crippen molar-refractivity contribution in [2.45, 2.75) is 6.54 Å². The minimum Gasteiger partial charge on any atom is -0.312 e. The Hall–Kier alpha value is -1.43. The molecule has 0 N–H and O–H groups in total. The molecular weight excluding hydrogens is 131 g/mol. The van der Waals surface area contributed by atoms with Gasteiger partial charge in [-0.25, -0.2) is 11.6 Å². The Balaban J connectivity index is 2.81. The van der Waals surface area contributed by atoms with Crippen LogP contribution in [0.4, 0.5) is 4.39 Å². The molecule has 1 aromatic heterocycles. The van der Waals surface area contributed by atoms with E-state index in [0.29, 0.717) is 0 Å². The average Bonchev–Trinajstić information content (AvgIpc) is 1.95. The first-order valence-corrected chi connectivity index (χ1v) is 2.76. The predicted octanol–water partition coefficient (Wildman–Crippen LogP) is 1.64. The third-order valence-electron chi connectivity index (χ3n) is 1.05. The van der Waals surface area contributed by atoms with E-state index in [4.69, 9.17) is 6.57 Å². The van der Waals surface area contributed by atoms with E-state index in [1.54, 1.807) is 6.07 Å². The lowest BCUT2D eigenvalue weighted by atomic mass is 10.3. The Bertz CT molecular complexity index is 247. The van der Waals surface area contributed by atoms with Gasteiger partial charge in [-0.1, -0.05) is 0 Å². The third kappa shape index (κ3) is 1.52. The Kier molecular flexibility index (Phi) is 1.96. The molecule has 1 rings (SSSR count). The van der Waals surface area contributed by atoms with E-state index < -0.39 is 5.95 Å². The SMILES string of the molecule is [C-]#[N+]Cc1ccc(F)nc1. The Morgan fingerprint density at radius 1 is 1.60 bits per heavy atom. The molecular formula is C7H5FN2. The fourth-order valence-corrected chi connectivity index (χ4v) is 0.591. The molecule has 0 bridgehead atoms. The molecule has 50 valence electrons. The monoisotopic (exact) mass is 136 g/mol. The van der Waals surface area contributed by atoms with E-state index in [1.165, 1.54) is 12.3 Å². The van der Waals surface area contributed by atoms with Crippen molar-refractivity contribution >= 4 is 0 Å². The van der Waals surface area contributed by atoms with Crippen molar-refractivity contribution in [1.82, 2.24) is 4.98 Å². The second-order valence-corrected chi connectivity index (χ2v) is 1.81. The van der Waals surface area contributed by atoms with E-state index in [-0.39, 0.29) is 6.54 Å². The highest BCUT2D eigenvalue weighted by Crippen LogP contribution is 1.99. The van der Waals surface area contributed by atoms with E-state index in [1.807, 2.05) is 0 Å². The van der Waals surface area contributed by atoms with Crippen molar-refractivity contribution in [2.75, 3.05) is 0 Å². The van der Waals surface area contributed by atoms with Gasteiger partial charge in [0, 0.05) is 11.8 Å². The Labute approximate surface area is 58.1 Å². The molecule has 0 aliphatic carbocycles. The van der Waals surface area contributed by atoms with Crippen LogP contribution >= 0.6 is 0 Å². The summed E-state index contributed by atoms with van der Waals surface area (Å²) in [6.45, 7) is 6.77. The van der Waals surface area contributed by atoms with Crippen molar-refractivity contribution in [1.29, 1.82) is 0 Å². The molecule has 1 heterocycles. The predicted molar refractivity (Wildman–Crippen MR) is 34.5 cm³/mol. The highest BCUT2D eigenvalue weighted by atomic mass is 19.1. The van der Waals surface area contributed by atoms with Crippen LogP contribution in [-0.4, -0.2) is 4.98 Å². The molecule has 0 radical (unpaired) electrons. The quantitative estimate of drug-likeness (QED) is 0.423. The second-order valence-electron chi connectivity index (χ2n) is 1.81. The maximum Gasteiger partial charge on any atom is 0.241 e. The van der Waals surface area contributed by atoms with Crippen LogP contribution < -0.4 is 0 Å². The number of rotatable bonds is 1. The standard InChI is InChI=1S/C7H5FN2/c1-9-4-6-2-3-7(8)10-5-6/h2-3,5H,4H2. The molecule has 0 aliphatic rings. The maximum atomic E-state index is 12.1. The van der Waals surface area contributed by atoms with E-state index in [2.05, 4.69) is 9.83 Å². The molecule has 0 saturated carbocycles. The molecule has 10 heavy (non-hydrogen) atoms. The summed E-state index contributed by atoms with van der Waals surface area (Å²) >= 11 is 0. The molecule has 1 aromatic rings. The number of nitrogens with zero attached hydrogens (tertiary/aromatic N) is 2. The topological polar surface area (TPSA) is 17.2 Å². The van der Waals surface area contributed by atoms with Crippen LogP contribution in [-0.2, 0) is 6.54 Å². The summed E-state index contributed by atoms with van der Waals surface area (Å²) < 4.78 is 12.1. The van der Waals surface area contributed by atoms with Gasteiger partial charge < -0.3 is 4.85 Å². The minimum atomic E-state index is -0.506. The number of halogens is 1. The van der Waals surface area contributed by atoms with Gasteiger partial charge in [0.25, 0.3) is 0 Å². The Morgan fingerprint density at radius 2 is 2.40 bits per heavy atom. The van der Waals surface area contributed by atoms with Crippen molar-refractivity contribution in [2.24, 2.45) is 0 Å². The number of hydrogen-bond donors (Lipinski definition) is 0. The lowest BCUT2D eigenvalue weighted by Gasteiger charge is -1.88. The van der Waals surface area contributed by atoms with Gasteiger partial charge in [0.15, 0.2) is 0 Å². The molecule has 0 spiro atoms. The molecule has 0 amide bonds.